The van der Waals surface area contributed by atoms with Crippen molar-refractivity contribution >= 4 is 46.6 Å². The Labute approximate surface area is 311 Å². The lowest BCUT2D eigenvalue weighted by Crippen LogP contribution is -2.43. The molecule has 0 aliphatic carbocycles. The normalized spacial score (nSPS) is 17.5. The molecule has 2 saturated heterocycles. The van der Waals surface area contributed by atoms with Crippen LogP contribution in [-0.4, -0.2) is 58.9 Å². The minimum atomic E-state index is -0.452. The third-order valence-electron chi connectivity index (χ3n) is 9.26. The van der Waals surface area contributed by atoms with E-state index in [4.69, 9.17) is 4.74 Å². The van der Waals surface area contributed by atoms with Gasteiger partial charge in [-0.1, -0.05) is 115 Å². The molecule has 4 amide bonds. The van der Waals surface area contributed by atoms with Gasteiger partial charge in [-0.05, 0) is 64.7 Å². The number of likely N-dealkylation sites (tertiary alicyclic amines) is 1. The molecule has 0 radical (unpaired) electrons. The number of nitrogens with zero attached hydrogens (tertiary/aromatic N) is 1. The Balaban J connectivity index is 1.09. The molecule has 2 fully saturated rings. The summed E-state index contributed by atoms with van der Waals surface area (Å²) in [5.41, 5.74) is 5.30. The number of nitrogens with one attached hydrogen (secondary N) is 2. The molecule has 0 spiro atoms. The lowest BCUT2D eigenvalue weighted by molar-refractivity contribution is -0.115. The second kappa shape index (κ2) is 16.1. The molecule has 5 aromatic rings. The summed E-state index contributed by atoms with van der Waals surface area (Å²) >= 11 is 0.826. The van der Waals surface area contributed by atoms with E-state index >= 15 is 0 Å². The van der Waals surface area contributed by atoms with Crippen LogP contribution < -0.4 is 10.6 Å². The highest BCUT2D eigenvalue weighted by atomic mass is 32.2. The Morgan fingerprint density at radius 1 is 0.774 bits per heavy atom. The number of hydrogen-bond acceptors (Lipinski definition) is 7. The van der Waals surface area contributed by atoms with Crippen LogP contribution in [0.25, 0.3) is 17.2 Å². The summed E-state index contributed by atoms with van der Waals surface area (Å²) in [6.45, 7) is 0.763. The van der Waals surface area contributed by atoms with Crippen LogP contribution in [0.15, 0.2) is 138 Å². The van der Waals surface area contributed by atoms with Crippen LogP contribution in [0.3, 0.4) is 0 Å². The minimum absolute atomic E-state index is 0.157. The van der Waals surface area contributed by atoms with Gasteiger partial charge in [-0.25, -0.2) is 0 Å². The van der Waals surface area contributed by atoms with Crippen LogP contribution in [0.1, 0.15) is 54.2 Å². The first-order chi connectivity index (χ1) is 25.8. The van der Waals surface area contributed by atoms with E-state index in [0.29, 0.717) is 35.3 Å². The predicted molar refractivity (Wildman–Crippen MR) is 204 cm³/mol. The maximum absolute atomic E-state index is 14.4. The van der Waals surface area contributed by atoms with E-state index in [1.54, 1.807) is 83.8 Å². The monoisotopic (exact) mass is 721 g/mol. The van der Waals surface area contributed by atoms with Crippen molar-refractivity contribution < 1.29 is 28.7 Å². The quantitative estimate of drug-likeness (QED) is 0.110. The summed E-state index contributed by atoms with van der Waals surface area (Å²) in [4.78, 5) is 66.7. The molecule has 5 aromatic carbocycles. The molecular formula is C43H35N3O6S. The Hall–Kier alpha value is -6.10. The van der Waals surface area contributed by atoms with Gasteiger partial charge < -0.3 is 15.0 Å². The van der Waals surface area contributed by atoms with Gasteiger partial charge in [0.05, 0.1) is 29.2 Å². The fourth-order valence-electron chi connectivity index (χ4n) is 6.57. The predicted octanol–water partition coefficient (Wildman–Crippen LogP) is 7.14. The van der Waals surface area contributed by atoms with Crippen molar-refractivity contribution in [2.45, 2.75) is 25.2 Å². The van der Waals surface area contributed by atoms with Crippen LogP contribution in [0.5, 0.6) is 0 Å². The van der Waals surface area contributed by atoms with Gasteiger partial charge in [0.15, 0.2) is 5.78 Å². The van der Waals surface area contributed by atoms with E-state index in [1.165, 1.54) is 0 Å². The number of ether oxygens (including phenoxy) is 1. The Bertz CT molecular complexity index is 2200. The van der Waals surface area contributed by atoms with E-state index in [1.807, 2.05) is 42.5 Å². The summed E-state index contributed by atoms with van der Waals surface area (Å²) in [5, 5.41) is 4.79. The molecule has 53 heavy (non-hydrogen) atoms. The van der Waals surface area contributed by atoms with Gasteiger partial charge in [0.1, 0.15) is 0 Å². The number of amides is 4. The Kier molecular flexibility index (Phi) is 10.7. The first-order valence-corrected chi connectivity index (χ1v) is 18.0. The molecule has 2 heterocycles. The SMILES string of the molecule is O=C1NC(=O)/C(=C/c2ccc(C(=O)NC[C@@H]3C[C@@H](OCc4ccccc4-c4ccccc4)CN3C(=O)c3ccccc3C(=O)c3ccccc3)cc2)S1. The fraction of sp³-hybridized carbons (Fsp3) is 0.140. The first kappa shape index (κ1) is 35.3. The summed E-state index contributed by atoms with van der Waals surface area (Å²) in [5.74, 6) is -1.35. The smallest absolute Gasteiger partial charge is 0.290 e. The molecule has 7 rings (SSSR count). The van der Waals surface area contributed by atoms with Gasteiger partial charge in [-0.15, -0.1) is 0 Å². The lowest BCUT2D eigenvalue weighted by Gasteiger charge is -2.25. The van der Waals surface area contributed by atoms with E-state index < -0.39 is 17.2 Å². The van der Waals surface area contributed by atoms with Gasteiger partial charge in [0.25, 0.3) is 23.0 Å². The summed E-state index contributed by atoms with van der Waals surface area (Å²) in [6, 6.07) is 40.1. The molecule has 0 aromatic heterocycles. The van der Waals surface area contributed by atoms with Crippen molar-refractivity contribution in [1.82, 2.24) is 15.5 Å². The second-order valence-electron chi connectivity index (χ2n) is 12.7. The summed E-state index contributed by atoms with van der Waals surface area (Å²) in [6.07, 6.45) is 1.73. The van der Waals surface area contributed by atoms with E-state index in [0.717, 1.165) is 28.5 Å². The van der Waals surface area contributed by atoms with E-state index in [-0.39, 0.29) is 47.3 Å². The molecule has 264 valence electrons. The molecule has 2 aliphatic rings. The zero-order valence-electron chi connectivity index (χ0n) is 28.6. The molecule has 2 N–H and O–H groups in total. The summed E-state index contributed by atoms with van der Waals surface area (Å²) < 4.78 is 6.49. The highest BCUT2D eigenvalue weighted by Crippen LogP contribution is 2.29. The lowest BCUT2D eigenvalue weighted by atomic mass is 9.97. The first-order valence-electron chi connectivity index (χ1n) is 17.2. The van der Waals surface area contributed by atoms with Crippen LogP contribution in [-0.2, 0) is 16.1 Å². The maximum atomic E-state index is 14.4. The number of ketones is 1. The van der Waals surface area contributed by atoms with Crippen molar-refractivity contribution in [2.24, 2.45) is 0 Å². The summed E-state index contributed by atoms with van der Waals surface area (Å²) in [7, 11) is 0. The molecule has 9 nitrogen and oxygen atoms in total. The number of hydrogen-bond donors (Lipinski definition) is 2. The van der Waals surface area contributed by atoms with Crippen LogP contribution in [0.4, 0.5) is 4.79 Å². The average Bonchev–Trinajstić information content (AvgIpc) is 3.77. The highest BCUT2D eigenvalue weighted by molar-refractivity contribution is 8.18. The average molecular weight is 722 g/mol. The van der Waals surface area contributed by atoms with Gasteiger partial charge in [0.2, 0.25) is 0 Å². The van der Waals surface area contributed by atoms with Crippen molar-refractivity contribution in [3.63, 3.8) is 0 Å². The van der Waals surface area contributed by atoms with Crippen molar-refractivity contribution in [3.05, 3.63) is 172 Å². The number of thioether (sulfide) groups is 1. The zero-order chi connectivity index (χ0) is 36.7. The van der Waals surface area contributed by atoms with Crippen LogP contribution >= 0.6 is 11.8 Å². The Morgan fingerprint density at radius 2 is 1.43 bits per heavy atom. The molecule has 2 aliphatic heterocycles. The molecule has 0 saturated carbocycles. The van der Waals surface area contributed by atoms with Gasteiger partial charge in [-0.3, -0.25) is 29.3 Å². The zero-order valence-corrected chi connectivity index (χ0v) is 29.4. The number of carbonyl (C=O) groups excluding carboxylic acids is 5. The van der Waals surface area contributed by atoms with E-state index in [2.05, 4.69) is 28.8 Å². The molecular weight excluding hydrogens is 687 g/mol. The van der Waals surface area contributed by atoms with Crippen LogP contribution in [0.2, 0.25) is 0 Å². The maximum Gasteiger partial charge on any atom is 0.290 e. The van der Waals surface area contributed by atoms with Crippen molar-refractivity contribution in [2.75, 3.05) is 13.1 Å². The molecule has 10 heteroatoms. The highest BCUT2D eigenvalue weighted by Gasteiger charge is 2.37. The van der Waals surface area contributed by atoms with Gasteiger partial charge in [-0.2, -0.15) is 0 Å². The number of rotatable bonds is 11. The minimum Gasteiger partial charge on any atom is -0.372 e. The number of imide groups is 1. The van der Waals surface area contributed by atoms with Crippen molar-refractivity contribution in [1.29, 1.82) is 0 Å². The third-order valence-corrected chi connectivity index (χ3v) is 10.1. The Morgan fingerprint density at radius 3 is 2.15 bits per heavy atom. The van der Waals surface area contributed by atoms with Crippen LogP contribution in [0, 0.1) is 0 Å². The largest absolute Gasteiger partial charge is 0.372 e. The second-order valence-corrected chi connectivity index (χ2v) is 13.7. The topological polar surface area (TPSA) is 122 Å². The van der Waals surface area contributed by atoms with Gasteiger partial charge >= 0.3 is 0 Å². The van der Waals surface area contributed by atoms with Gasteiger partial charge in [0, 0.05) is 29.8 Å². The molecule has 0 bridgehead atoms. The molecule has 2 atom stereocenters. The van der Waals surface area contributed by atoms with E-state index in [9.17, 15) is 24.0 Å². The third kappa shape index (κ3) is 8.19. The van der Waals surface area contributed by atoms with Crippen molar-refractivity contribution in [3.8, 4) is 11.1 Å². The fourth-order valence-corrected chi connectivity index (χ4v) is 7.26. The number of carbonyl (C=O) groups is 5. The number of benzene rings is 5. The molecule has 0 unspecified atom stereocenters. The standard InChI is InChI=1S/C43H35N3O6S/c47-39(30-13-5-2-6-14-30)36-17-9-10-18-37(36)42(50)46-26-34(52-27-32-15-7-8-16-35(32)29-11-3-1-4-12-29)24-33(46)25-44-40(48)31-21-19-28(20-22-31)23-38-41(49)45-43(51)53-38/h1-23,33-34H,24-27H2,(H,44,48)(H,45,49,51)/b38-23-/t33-,34+/m0/s1.